The summed E-state index contributed by atoms with van der Waals surface area (Å²) >= 11 is 0. The molecular weight excluding hydrogens is 311 g/mol. The molecule has 0 radical (unpaired) electrons. The summed E-state index contributed by atoms with van der Waals surface area (Å²) in [5, 5.41) is 11.3. The van der Waals surface area contributed by atoms with Gasteiger partial charge in [0.1, 0.15) is 17.5 Å². The zero-order valence-corrected chi connectivity index (χ0v) is 12.0. The van der Waals surface area contributed by atoms with Crippen molar-refractivity contribution in [3.05, 3.63) is 29.6 Å². The van der Waals surface area contributed by atoms with E-state index in [1.165, 1.54) is 13.8 Å². The predicted octanol–water partition coefficient (Wildman–Crippen LogP) is 1.30. The highest BCUT2D eigenvalue weighted by Crippen LogP contribution is 2.22. The fraction of sp³-hybridized carbons (Fsp3) is 0.364. The van der Waals surface area contributed by atoms with E-state index in [2.05, 4.69) is 5.16 Å². The van der Waals surface area contributed by atoms with Crippen molar-refractivity contribution >= 4 is 15.9 Å². The number of nitrogens with zero attached hydrogens (tertiary/aromatic N) is 1. The molecule has 1 atom stereocenters. The number of hydrogen-bond acceptors (Lipinski definition) is 4. The first-order chi connectivity index (χ1) is 9.57. The lowest BCUT2D eigenvalue weighted by Crippen LogP contribution is -2.55. The third kappa shape index (κ3) is 3.45. The third-order valence-corrected chi connectivity index (χ3v) is 4.62. The van der Waals surface area contributed by atoms with Crippen LogP contribution in [0.2, 0.25) is 0 Å². The minimum Gasteiger partial charge on any atom is -0.409 e. The molecule has 4 N–H and O–H groups in total. The Labute approximate surface area is 119 Å². The maximum atomic E-state index is 13.6. The van der Waals surface area contributed by atoms with Gasteiger partial charge in [-0.3, -0.25) is 0 Å². The number of sulfonamides is 1. The second kappa shape index (κ2) is 5.90. The van der Waals surface area contributed by atoms with Crippen LogP contribution in [-0.4, -0.2) is 25.0 Å². The van der Waals surface area contributed by atoms with E-state index in [0.29, 0.717) is 0 Å². The van der Waals surface area contributed by atoms with Crippen molar-refractivity contribution in [2.75, 3.05) is 0 Å². The standard InChI is InChI=1S/C11H14F3N3O3S/c1-3-11(2,10(15)16-18)17-21(19,20)9-7(13)4-6(12)5-8(9)14/h4-5,17-18H,3H2,1-2H3,(H2,15,16). The van der Waals surface area contributed by atoms with Gasteiger partial charge >= 0.3 is 0 Å². The van der Waals surface area contributed by atoms with Crippen LogP contribution in [0, 0.1) is 17.5 Å². The SMILES string of the molecule is CCC(C)(NS(=O)(=O)c1c(F)cc(F)cc1F)/C(N)=N/O. The van der Waals surface area contributed by atoms with Crippen molar-refractivity contribution in [3.63, 3.8) is 0 Å². The second-order valence-corrected chi connectivity index (χ2v) is 6.09. The summed E-state index contributed by atoms with van der Waals surface area (Å²) < 4.78 is 66.0. The number of nitrogens with two attached hydrogens (primary N) is 1. The second-order valence-electron chi connectivity index (χ2n) is 4.47. The zero-order chi connectivity index (χ0) is 16.4. The maximum Gasteiger partial charge on any atom is 0.247 e. The molecule has 0 aliphatic rings. The van der Waals surface area contributed by atoms with Gasteiger partial charge in [0.25, 0.3) is 0 Å². The van der Waals surface area contributed by atoms with Crippen molar-refractivity contribution in [2.45, 2.75) is 30.7 Å². The first kappa shape index (κ1) is 17.2. The van der Waals surface area contributed by atoms with Crippen molar-refractivity contribution in [1.29, 1.82) is 0 Å². The van der Waals surface area contributed by atoms with Crippen LogP contribution in [0.15, 0.2) is 22.2 Å². The summed E-state index contributed by atoms with van der Waals surface area (Å²) in [5.74, 6) is -4.91. The van der Waals surface area contributed by atoms with Crippen LogP contribution >= 0.6 is 0 Å². The lowest BCUT2D eigenvalue weighted by Gasteiger charge is -2.27. The Bertz CT molecular complexity index is 656. The molecule has 1 rings (SSSR count). The largest absolute Gasteiger partial charge is 0.409 e. The molecular formula is C11H14F3N3O3S. The summed E-state index contributed by atoms with van der Waals surface area (Å²) in [4.78, 5) is -1.34. The lowest BCUT2D eigenvalue weighted by molar-refractivity contribution is 0.310. The van der Waals surface area contributed by atoms with Crippen molar-refractivity contribution in [1.82, 2.24) is 4.72 Å². The highest BCUT2D eigenvalue weighted by molar-refractivity contribution is 7.89. The van der Waals surface area contributed by atoms with Gasteiger partial charge < -0.3 is 10.9 Å². The van der Waals surface area contributed by atoms with Gasteiger partial charge in [-0.05, 0) is 13.3 Å². The van der Waals surface area contributed by atoms with Crippen molar-refractivity contribution in [3.8, 4) is 0 Å². The van der Waals surface area contributed by atoms with Gasteiger partial charge in [-0.1, -0.05) is 12.1 Å². The van der Waals surface area contributed by atoms with E-state index in [4.69, 9.17) is 10.9 Å². The first-order valence-corrected chi connectivity index (χ1v) is 7.22. The molecule has 0 saturated heterocycles. The molecule has 0 fully saturated rings. The quantitative estimate of drug-likeness (QED) is 0.328. The molecule has 1 aromatic rings. The molecule has 0 aromatic heterocycles. The number of amidine groups is 1. The van der Waals surface area contributed by atoms with Crippen molar-refractivity contribution < 1.29 is 26.8 Å². The van der Waals surface area contributed by atoms with E-state index in [1.54, 1.807) is 0 Å². The highest BCUT2D eigenvalue weighted by atomic mass is 32.2. The van der Waals surface area contributed by atoms with Crippen LogP contribution in [-0.2, 0) is 10.0 Å². The van der Waals surface area contributed by atoms with E-state index >= 15 is 0 Å². The topological polar surface area (TPSA) is 105 Å². The Balaban J connectivity index is 3.37. The summed E-state index contributed by atoms with van der Waals surface area (Å²) in [7, 11) is -4.70. The summed E-state index contributed by atoms with van der Waals surface area (Å²) in [5.41, 5.74) is 3.80. The normalized spacial score (nSPS) is 15.8. The fourth-order valence-electron chi connectivity index (χ4n) is 1.55. The smallest absolute Gasteiger partial charge is 0.247 e. The van der Waals surface area contributed by atoms with Crippen LogP contribution in [0.5, 0.6) is 0 Å². The molecule has 10 heteroatoms. The average molecular weight is 325 g/mol. The van der Waals surface area contributed by atoms with Gasteiger partial charge in [-0.2, -0.15) is 4.72 Å². The molecule has 118 valence electrons. The van der Waals surface area contributed by atoms with Crippen LogP contribution in [0.25, 0.3) is 0 Å². The summed E-state index contributed by atoms with van der Waals surface area (Å²) in [6.45, 7) is 2.77. The fourth-order valence-corrected chi connectivity index (χ4v) is 3.12. The van der Waals surface area contributed by atoms with E-state index in [1.807, 2.05) is 4.72 Å². The van der Waals surface area contributed by atoms with Gasteiger partial charge in [-0.25, -0.2) is 21.6 Å². The highest BCUT2D eigenvalue weighted by Gasteiger charge is 2.36. The summed E-state index contributed by atoms with van der Waals surface area (Å²) in [6.07, 6.45) is 0.0343. The minimum atomic E-state index is -4.70. The van der Waals surface area contributed by atoms with E-state index in [0.717, 1.165) is 0 Å². The molecule has 0 spiro atoms. The number of hydrogen-bond donors (Lipinski definition) is 3. The molecule has 0 aliphatic carbocycles. The van der Waals surface area contributed by atoms with Gasteiger partial charge in [0.2, 0.25) is 10.0 Å². The number of oxime groups is 1. The molecule has 6 nitrogen and oxygen atoms in total. The molecule has 0 amide bonds. The van der Waals surface area contributed by atoms with E-state index in [9.17, 15) is 21.6 Å². The van der Waals surface area contributed by atoms with E-state index in [-0.39, 0.29) is 18.6 Å². The predicted molar refractivity (Wildman–Crippen MR) is 68.7 cm³/mol. The van der Waals surface area contributed by atoms with Crippen LogP contribution in [0.1, 0.15) is 20.3 Å². The summed E-state index contributed by atoms with van der Waals surface area (Å²) in [6, 6.07) is 0.481. The Hall–Kier alpha value is -1.81. The Morgan fingerprint density at radius 2 is 1.86 bits per heavy atom. The Morgan fingerprint density at radius 1 is 1.38 bits per heavy atom. The maximum absolute atomic E-state index is 13.6. The number of rotatable bonds is 5. The van der Waals surface area contributed by atoms with Crippen molar-refractivity contribution in [2.24, 2.45) is 10.9 Å². The van der Waals surface area contributed by atoms with Gasteiger partial charge in [0.05, 0.1) is 5.54 Å². The minimum absolute atomic E-state index is 0.0343. The third-order valence-electron chi connectivity index (χ3n) is 2.97. The van der Waals surface area contributed by atoms with Crippen LogP contribution in [0.4, 0.5) is 13.2 Å². The van der Waals surface area contributed by atoms with Crippen LogP contribution < -0.4 is 10.5 Å². The zero-order valence-electron chi connectivity index (χ0n) is 11.2. The van der Waals surface area contributed by atoms with Crippen LogP contribution in [0.3, 0.4) is 0 Å². The van der Waals surface area contributed by atoms with Gasteiger partial charge in [0, 0.05) is 12.1 Å². The molecule has 0 heterocycles. The molecule has 0 aliphatic heterocycles. The van der Waals surface area contributed by atoms with Gasteiger partial charge in [-0.15, -0.1) is 0 Å². The Morgan fingerprint density at radius 3 is 2.24 bits per heavy atom. The van der Waals surface area contributed by atoms with E-state index < -0.39 is 43.7 Å². The molecule has 21 heavy (non-hydrogen) atoms. The number of nitrogens with one attached hydrogen (secondary N) is 1. The number of halogens is 3. The molecule has 0 saturated carbocycles. The monoisotopic (exact) mass is 325 g/mol. The lowest BCUT2D eigenvalue weighted by atomic mass is 10.00. The number of benzene rings is 1. The van der Waals surface area contributed by atoms with Gasteiger partial charge in [0.15, 0.2) is 10.7 Å². The molecule has 0 bridgehead atoms. The average Bonchev–Trinajstić information content (AvgIpc) is 2.35. The molecule has 1 unspecified atom stereocenters. The molecule has 1 aromatic carbocycles. The Kier molecular flexibility index (Phi) is 4.84. The first-order valence-electron chi connectivity index (χ1n) is 5.74.